The lowest BCUT2D eigenvalue weighted by atomic mass is 9.88. The van der Waals surface area contributed by atoms with Gasteiger partial charge in [0.1, 0.15) is 24.4 Å². The Labute approximate surface area is 138 Å². The van der Waals surface area contributed by atoms with Gasteiger partial charge in [-0.15, -0.1) is 0 Å². The van der Waals surface area contributed by atoms with Crippen molar-refractivity contribution < 1.29 is 44.8 Å². The number of hydrogen-bond donors (Lipinski definition) is 6. The van der Waals surface area contributed by atoms with Crippen LogP contribution in [0.25, 0.3) is 0 Å². The standard InChI is InChI=1S/C15H22O9/c16-4-6-3-8(18)7-1-2-22-14(10(6)7)24-15-13(21)12(20)11(19)9(5-17)23-15/h1-3,7-21H,4-5H2/t7-,8-,9+,10-,11+,12-,13+,14+,15-/m1/s1. The number of aliphatic hydroxyl groups is 6. The van der Waals surface area contributed by atoms with Crippen LogP contribution in [0.4, 0.5) is 0 Å². The van der Waals surface area contributed by atoms with Crippen molar-refractivity contribution >= 4 is 0 Å². The van der Waals surface area contributed by atoms with Crippen LogP contribution in [0.3, 0.4) is 0 Å². The van der Waals surface area contributed by atoms with Crippen LogP contribution in [0.5, 0.6) is 0 Å². The molecule has 0 amide bonds. The van der Waals surface area contributed by atoms with Gasteiger partial charge in [0.15, 0.2) is 6.29 Å². The predicted octanol–water partition coefficient (Wildman–Crippen LogP) is -2.80. The summed E-state index contributed by atoms with van der Waals surface area (Å²) in [5.74, 6) is -0.835. The quantitative estimate of drug-likeness (QED) is 0.297. The molecule has 0 unspecified atom stereocenters. The van der Waals surface area contributed by atoms with E-state index in [-0.39, 0.29) is 12.5 Å². The van der Waals surface area contributed by atoms with Gasteiger partial charge >= 0.3 is 0 Å². The summed E-state index contributed by atoms with van der Waals surface area (Å²) in [4.78, 5) is 0. The van der Waals surface area contributed by atoms with Crippen LogP contribution in [0.15, 0.2) is 24.0 Å². The summed E-state index contributed by atoms with van der Waals surface area (Å²) in [6, 6.07) is 0. The van der Waals surface area contributed by atoms with Crippen molar-refractivity contribution in [2.24, 2.45) is 11.8 Å². The Bertz CT molecular complexity index is 505. The largest absolute Gasteiger partial charge is 0.472 e. The minimum atomic E-state index is -1.56. The maximum atomic E-state index is 10.0. The molecule has 6 N–H and O–H groups in total. The van der Waals surface area contributed by atoms with Crippen LogP contribution >= 0.6 is 0 Å². The topological polar surface area (TPSA) is 149 Å². The van der Waals surface area contributed by atoms with Gasteiger partial charge in [0.25, 0.3) is 0 Å². The van der Waals surface area contributed by atoms with Gasteiger partial charge in [-0.05, 0) is 11.6 Å². The maximum Gasteiger partial charge on any atom is 0.209 e. The first kappa shape index (κ1) is 17.8. The molecule has 0 aromatic rings. The first-order valence-electron chi connectivity index (χ1n) is 7.75. The average molecular weight is 346 g/mol. The monoisotopic (exact) mass is 346 g/mol. The average Bonchev–Trinajstić information content (AvgIpc) is 2.92. The summed E-state index contributed by atoms with van der Waals surface area (Å²) >= 11 is 0. The van der Waals surface area contributed by atoms with Crippen LogP contribution in [0.2, 0.25) is 0 Å². The van der Waals surface area contributed by atoms with Gasteiger partial charge < -0.3 is 44.8 Å². The van der Waals surface area contributed by atoms with Gasteiger partial charge in [0, 0.05) is 5.92 Å². The molecule has 1 aliphatic carbocycles. The van der Waals surface area contributed by atoms with Crippen molar-refractivity contribution in [1.82, 2.24) is 0 Å². The molecule has 0 bridgehead atoms. The Morgan fingerprint density at radius 2 is 1.75 bits per heavy atom. The summed E-state index contributed by atoms with van der Waals surface area (Å²) < 4.78 is 16.3. The molecule has 9 heteroatoms. The lowest BCUT2D eigenvalue weighted by Gasteiger charge is -2.42. The lowest BCUT2D eigenvalue weighted by molar-refractivity contribution is -0.339. The summed E-state index contributed by atoms with van der Waals surface area (Å²) in [6.07, 6.45) is -4.27. The Kier molecular flexibility index (Phi) is 5.23. The van der Waals surface area contributed by atoms with Gasteiger partial charge in [-0.2, -0.15) is 0 Å². The molecular formula is C15H22O9. The zero-order valence-corrected chi connectivity index (χ0v) is 12.8. The Morgan fingerprint density at radius 3 is 2.42 bits per heavy atom. The summed E-state index contributed by atoms with van der Waals surface area (Å²) in [7, 11) is 0. The Morgan fingerprint density at radius 1 is 1.00 bits per heavy atom. The molecule has 0 aromatic heterocycles. The van der Waals surface area contributed by atoms with E-state index in [4.69, 9.17) is 14.2 Å². The third-order valence-electron chi connectivity index (χ3n) is 4.73. The van der Waals surface area contributed by atoms with Gasteiger partial charge in [-0.3, -0.25) is 0 Å². The fourth-order valence-electron chi connectivity index (χ4n) is 3.38. The fraction of sp³-hybridized carbons (Fsp3) is 0.733. The molecule has 1 saturated heterocycles. The normalized spacial score (nSPS) is 47.9. The molecule has 0 aromatic carbocycles. The summed E-state index contributed by atoms with van der Waals surface area (Å²) in [6.45, 7) is -0.854. The van der Waals surface area contributed by atoms with Gasteiger partial charge in [0.05, 0.1) is 31.5 Å². The van der Waals surface area contributed by atoms with Crippen molar-refractivity contribution in [3.63, 3.8) is 0 Å². The van der Waals surface area contributed by atoms with Crippen LogP contribution in [-0.2, 0) is 14.2 Å². The molecule has 0 saturated carbocycles. The first-order valence-corrected chi connectivity index (χ1v) is 7.75. The highest BCUT2D eigenvalue weighted by Crippen LogP contribution is 2.40. The van der Waals surface area contributed by atoms with Crippen molar-refractivity contribution in [1.29, 1.82) is 0 Å². The molecule has 2 aliphatic heterocycles. The van der Waals surface area contributed by atoms with E-state index in [0.29, 0.717) is 5.57 Å². The second kappa shape index (κ2) is 7.06. The van der Waals surface area contributed by atoms with E-state index in [9.17, 15) is 30.6 Å². The molecule has 0 radical (unpaired) electrons. The van der Waals surface area contributed by atoms with Crippen LogP contribution in [-0.4, -0.2) is 87.0 Å². The molecule has 24 heavy (non-hydrogen) atoms. The number of aliphatic hydroxyl groups excluding tert-OH is 6. The van der Waals surface area contributed by atoms with Gasteiger partial charge in [-0.25, -0.2) is 0 Å². The van der Waals surface area contributed by atoms with Crippen LogP contribution in [0, 0.1) is 11.8 Å². The number of fused-ring (bicyclic) bond motifs is 1. The molecule has 3 aliphatic rings. The van der Waals surface area contributed by atoms with Gasteiger partial charge in [-0.1, -0.05) is 6.08 Å². The first-order chi connectivity index (χ1) is 11.5. The Balaban J connectivity index is 1.75. The Hall–Kier alpha value is -1.04. The van der Waals surface area contributed by atoms with Crippen molar-refractivity contribution in [3.8, 4) is 0 Å². The minimum Gasteiger partial charge on any atom is -0.472 e. The molecular weight excluding hydrogens is 324 g/mol. The zero-order chi connectivity index (χ0) is 17.4. The lowest BCUT2D eigenvalue weighted by Crippen LogP contribution is -2.60. The fourth-order valence-corrected chi connectivity index (χ4v) is 3.38. The number of hydrogen-bond acceptors (Lipinski definition) is 9. The highest BCUT2D eigenvalue weighted by Gasteiger charge is 2.49. The molecule has 3 rings (SSSR count). The number of ether oxygens (including phenoxy) is 3. The van der Waals surface area contributed by atoms with E-state index < -0.39 is 55.6 Å². The van der Waals surface area contributed by atoms with E-state index in [1.54, 1.807) is 6.08 Å². The third-order valence-corrected chi connectivity index (χ3v) is 4.73. The van der Waals surface area contributed by atoms with E-state index in [1.165, 1.54) is 12.3 Å². The van der Waals surface area contributed by atoms with Crippen molar-refractivity contribution in [3.05, 3.63) is 24.0 Å². The third kappa shape index (κ3) is 2.98. The van der Waals surface area contributed by atoms with Crippen molar-refractivity contribution in [2.45, 2.75) is 43.1 Å². The summed E-state index contributed by atoms with van der Waals surface area (Å²) in [5, 5.41) is 58.3. The maximum absolute atomic E-state index is 10.0. The number of rotatable bonds is 4. The molecule has 9 atom stereocenters. The molecule has 0 spiro atoms. The molecule has 136 valence electrons. The van der Waals surface area contributed by atoms with E-state index >= 15 is 0 Å². The molecule has 1 fully saturated rings. The second-order valence-electron chi connectivity index (χ2n) is 6.16. The molecule has 2 heterocycles. The highest BCUT2D eigenvalue weighted by molar-refractivity contribution is 5.25. The second-order valence-corrected chi connectivity index (χ2v) is 6.16. The van der Waals surface area contributed by atoms with Crippen LogP contribution < -0.4 is 0 Å². The highest BCUT2D eigenvalue weighted by atomic mass is 16.8. The SMILES string of the molecule is OCC1=C[C@@H](O)[C@H]2C=CO[C@@H](O[C@H]3O[C@@H](CO)[C@H](O)[C@@H](O)[C@@H]3O)[C@H]12. The summed E-state index contributed by atoms with van der Waals surface area (Å²) in [5.41, 5.74) is 0.534. The zero-order valence-electron chi connectivity index (χ0n) is 12.8. The van der Waals surface area contributed by atoms with E-state index in [2.05, 4.69) is 0 Å². The van der Waals surface area contributed by atoms with E-state index in [1.807, 2.05) is 0 Å². The van der Waals surface area contributed by atoms with E-state index in [0.717, 1.165) is 0 Å². The van der Waals surface area contributed by atoms with Crippen molar-refractivity contribution in [2.75, 3.05) is 13.2 Å². The predicted molar refractivity (Wildman–Crippen MR) is 77.0 cm³/mol. The smallest absolute Gasteiger partial charge is 0.209 e. The van der Waals surface area contributed by atoms with Crippen LogP contribution in [0.1, 0.15) is 0 Å². The molecule has 9 nitrogen and oxygen atoms in total. The minimum absolute atomic E-state index is 0.288. The van der Waals surface area contributed by atoms with Gasteiger partial charge in [0.2, 0.25) is 6.29 Å².